The van der Waals surface area contributed by atoms with Gasteiger partial charge < -0.3 is 10.8 Å². The lowest BCUT2D eigenvalue weighted by atomic mass is 10.0. The van der Waals surface area contributed by atoms with Crippen LogP contribution in [0.15, 0.2) is 41.6 Å². The van der Waals surface area contributed by atoms with Crippen molar-refractivity contribution in [3.63, 3.8) is 0 Å². The first-order chi connectivity index (χ1) is 11.7. The maximum Gasteiger partial charge on any atom is 0.130 e. The number of nitrogens with zero attached hydrogens (tertiary/aromatic N) is 2. The van der Waals surface area contributed by atoms with Gasteiger partial charge in [0.25, 0.3) is 0 Å². The number of nitrogens with two attached hydrogens (primary N) is 1. The van der Waals surface area contributed by atoms with Crippen LogP contribution in [-0.4, -0.2) is 27.4 Å². The van der Waals surface area contributed by atoms with Gasteiger partial charge in [0.2, 0.25) is 0 Å². The zero-order valence-electron chi connectivity index (χ0n) is 13.3. The third-order valence-corrected chi connectivity index (χ3v) is 5.71. The van der Waals surface area contributed by atoms with Gasteiger partial charge >= 0.3 is 0 Å². The van der Waals surface area contributed by atoms with Gasteiger partial charge in [-0.3, -0.25) is 0 Å². The average molecular weight is 362 g/mol. The van der Waals surface area contributed by atoms with Crippen LogP contribution in [0.2, 0.25) is 5.02 Å². The van der Waals surface area contributed by atoms with E-state index in [1.165, 1.54) is 16.8 Å². The summed E-state index contributed by atoms with van der Waals surface area (Å²) in [4.78, 5) is 9.58. The summed E-state index contributed by atoms with van der Waals surface area (Å²) < 4.78 is 0. The number of nitrogen functional groups attached to an aromatic ring is 1. The van der Waals surface area contributed by atoms with E-state index in [0.29, 0.717) is 5.82 Å². The molecule has 1 atom stereocenters. The van der Waals surface area contributed by atoms with Crippen LogP contribution < -0.4 is 5.73 Å². The third kappa shape index (κ3) is 4.09. The van der Waals surface area contributed by atoms with E-state index in [4.69, 9.17) is 17.3 Å². The predicted octanol–water partition coefficient (Wildman–Crippen LogP) is 3.83. The first-order valence-electron chi connectivity index (χ1n) is 7.95. The van der Waals surface area contributed by atoms with E-state index in [9.17, 15) is 5.11 Å². The Kier molecular flexibility index (Phi) is 5.76. The monoisotopic (exact) mass is 361 g/mol. The predicted molar refractivity (Wildman–Crippen MR) is 100 cm³/mol. The van der Waals surface area contributed by atoms with E-state index in [0.717, 1.165) is 41.3 Å². The zero-order chi connectivity index (χ0) is 16.9. The number of halogens is 1. The van der Waals surface area contributed by atoms with Crippen molar-refractivity contribution in [1.82, 2.24) is 9.97 Å². The van der Waals surface area contributed by atoms with Gasteiger partial charge in [-0.15, -0.1) is 11.8 Å². The van der Waals surface area contributed by atoms with Crippen LogP contribution in [0.25, 0.3) is 5.57 Å². The molecule has 1 aliphatic rings. The van der Waals surface area contributed by atoms with Crippen molar-refractivity contribution < 1.29 is 5.11 Å². The Morgan fingerprint density at radius 2 is 2.04 bits per heavy atom. The first kappa shape index (κ1) is 17.3. The highest BCUT2D eigenvalue weighted by Crippen LogP contribution is 2.33. The highest BCUT2D eigenvalue weighted by molar-refractivity contribution is 7.99. The zero-order valence-corrected chi connectivity index (χ0v) is 14.9. The highest BCUT2D eigenvalue weighted by Gasteiger charge is 2.19. The second kappa shape index (κ2) is 8.01. The molecule has 0 fully saturated rings. The maximum atomic E-state index is 9.66. The minimum Gasteiger partial charge on any atom is -0.396 e. The van der Waals surface area contributed by atoms with Crippen LogP contribution in [0.4, 0.5) is 5.82 Å². The summed E-state index contributed by atoms with van der Waals surface area (Å²) in [5.74, 6) is 1.70. The quantitative estimate of drug-likeness (QED) is 0.733. The normalized spacial score (nSPS) is 14.3. The molecule has 1 heterocycles. The van der Waals surface area contributed by atoms with Crippen molar-refractivity contribution in [3.8, 4) is 0 Å². The second-order valence-electron chi connectivity index (χ2n) is 5.87. The molecular formula is C18H20ClN3OS. The van der Waals surface area contributed by atoms with Gasteiger partial charge in [-0.25, -0.2) is 9.97 Å². The molecule has 0 saturated carbocycles. The number of hydrogen-bond donors (Lipinski definition) is 2. The maximum absolute atomic E-state index is 9.66. The van der Waals surface area contributed by atoms with Crippen molar-refractivity contribution in [2.75, 3.05) is 18.1 Å². The van der Waals surface area contributed by atoms with Crippen LogP contribution in [0.3, 0.4) is 0 Å². The number of aliphatic hydroxyl groups is 1. The molecule has 0 saturated heterocycles. The third-order valence-electron chi connectivity index (χ3n) is 4.21. The van der Waals surface area contributed by atoms with Gasteiger partial charge in [0.15, 0.2) is 0 Å². The van der Waals surface area contributed by atoms with Crippen molar-refractivity contribution in [2.24, 2.45) is 5.92 Å². The summed E-state index contributed by atoms with van der Waals surface area (Å²) in [6.45, 7) is 0.187. The molecule has 0 spiro atoms. The molecule has 1 aromatic heterocycles. The van der Waals surface area contributed by atoms with E-state index in [1.54, 1.807) is 11.8 Å². The SMILES string of the molecule is Nc1ncnc2c1CC=C2CC[C@H](CO)CSc1ccc(Cl)cc1. The number of aromatic nitrogens is 2. The van der Waals surface area contributed by atoms with Gasteiger partial charge in [-0.1, -0.05) is 17.7 Å². The van der Waals surface area contributed by atoms with Crippen LogP contribution in [-0.2, 0) is 6.42 Å². The van der Waals surface area contributed by atoms with Crippen LogP contribution in [0.1, 0.15) is 24.1 Å². The average Bonchev–Trinajstić information content (AvgIpc) is 3.01. The fourth-order valence-electron chi connectivity index (χ4n) is 2.78. The Morgan fingerprint density at radius 3 is 2.79 bits per heavy atom. The molecule has 0 aliphatic heterocycles. The molecule has 1 aromatic carbocycles. The summed E-state index contributed by atoms with van der Waals surface area (Å²) in [5, 5.41) is 10.4. The van der Waals surface area contributed by atoms with Gasteiger partial charge in [-0.05, 0) is 55.0 Å². The number of aliphatic hydroxyl groups excluding tert-OH is 1. The molecular weight excluding hydrogens is 342 g/mol. The topological polar surface area (TPSA) is 72.0 Å². The Hall–Kier alpha value is -1.56. The summed E-state index contributed by atoms with van der Waals surface area (Å²) >= 11 is 7.65. The molecule has 0 amide bonds. The van der Waals surface area contributed by atoms with Crippen molar-refractivity contribution in [3.05, 3.63) is 52.9 Å². The number of hydrogen-bond acceptors (Lipinski definition) is 5. The molecule has 4 nitrogen and oxygen atoms in total. The molecule has 3 N–H and O–H groups in total. The molecule has 0 bridgehead atoms. The Morgan fingerprint density at radius 1 is 1.25 bits per heavy atom. The Bertz CT molecular complexity index is 734. The van der Waals surface area contributed by atoms with E-state index in [1.807, 2.05) is 24.3 Å². The Labute approximate surface area is 151 Å². The highest BCUT2D eigenvalue weighted by atomic mass is 35.5. The minimum absolute atomic E-state index is 0.187. The lowest BCUT2D eigenvalue weighted by Crippen LogP contribution is -2.09. The van der Waals surface area contributed by atoms with E-state index in [-0.39, 0.29) is 12.5 Å². The molecule has 126 valence electrons. The molecule has 1 aliphatic carbocycles. The number of thioether (sulfide) groups is 1. The van der Waals surface area contributed by atoms with Gasteiger partial charge in [0.1, 0.15) is 12.1 Å². The number of rotatable bonds is 7. The summed E-state index contributed by atoms with van der Waals surface area (Å²) in [5.41, 5.74) is 9.13. The van der Waals surface area contributed by atoms with Crippen LogP contribution in [0.5, 0.6) is 0 Å². The molecule has 24 heavy (non-hydrogen) atoms. The second-order valence-corrected chi connectivity index (χ2v) is 7.40. The largest absolute Gasteiger partial charge is 0.396 e. The molecule has 0 unspecified atom stereocenters. The smallest absolute Gasteiger partial charge is 0.130 e. The fourth-order valence-corrected chi connectivity index (χ4v) is 3.93. The number of allylic oxidation sites excluding steroid dienone is 2. The van der Waals surface area contributed by atoms with Crippen molar-refractivity contribution in [1.29, 1.82) is 0 Å². The van der Waals surface area contributed by atoms with E-state index < -0.39 is 0 Å². The molecule has 6 heteroatoms. The van der Waals surface area contributed by atoms with Crippen LogP contribution in [0, 0.1) is 5.92 Å². The summed E-state index contributed by atoms with van der Waals surface area (Å²) in [6.07, 6.45) is 6.33. The lowest BCUT2D eigenvalue weighted by molar-refractivity contribution is 0.234. The minimum atomic E-state index is 0.187. The fraction of sp³-hybridized carbons (Fsp3) is 0.333. The van der Waals surface area contributed by atoms with Gasteiger partial charge in [0, 0.05) is 27.8 Å². The van der Waals surface area contributed by atoms with Crippen molar-refractivity contribution >= 4 is 34.8 Å². The number of anilines is 1. The first-order valence-corrected chi connectivity index (χ1v) is 9.31. The number of benzene rings is 1. The number of fused-ring (bicyclic) bond motifs is 1. The molecule has 2 aromatic rings. The Balaban J connectivity index is 1.54. The summed E-state index contributed by atoms with van der Waals surface area (Å²) in [6, 6.07) is 7.80. The van der Waals surface area contributed by atoms with Gasteiger partial charge in [-0.2, -0.15) is 0 Å². The standard InChI is InChI=1S/C18H20ClN3OS/c19-14-4-6-15(7-5-14)24-10-12(9-23)1-2-13-3-8-16-17(13)21-11-22-18(16)20/h3-7,11-12,23H,1-2,8-10H2,(H2,20,21,22)/t12-/m1/s1. The van der Waals surface area contributed by atoms with E-state index >= 15 is 0 Å². The molecule has 3 rings (SSSR count). The lowest BCUT2D eigenvalue weighted by Gasteiger charge is -2.14. The van der Waals surface area contributed by atoms with Crippen LogP contribution >= 0.6 is 23.4 Å². The van der Waals surface area contributed by atoms with E-state index in [2.05, 4.69) is 16.0 Å². The van der Waals surface area contributed by atoms with Crippen molar-refractivity contribution in [2.45, 2.75) is 24.2 Å². The summed E-state index contributed by atoms with van der Waals surface area (Å²) in [7, 11) is 0. The van der Waals surface area contributed by atoms with Gasteiger partial charge in [0.05, 0.1) is 5.69 Å². The molecule has 0 radical (unpaired) electrons.